The van der Waals surface area contributed by atoms with E-state index in [1.54, 1.807) is 18.2 Å². The summed E-state index contributed by atoms with van der Waals surface area (Å²) >= 11 is 12.0. The molecule has 0 spiro atoms. The highest BCUT2D eigenvalue weighted by molar-refractivity contribution is 6.35. The quantitative estimate of drug-likeness (QED) is 0.507. The van der Waals surface area contributed by atoms with E-state index in [2.05, 4.69) is 5.32 Å². The number of amides is 3. The summed E-state index contributed by atoms with van der Waals surface area (Å²) in [5, 5.41) is 3.81. The molecule has 1 heterocycles. The maximum Gasteiger partial charge on any atom is 0.325 e. The van der Waals surface area contributed by atoms with Gasteiger partial charge in [0.1, 0.15) is 12.4 Å². The molecule has 1 saturated heterocycles. The number of nitrogens with one attached hydrogen (secondary N) is 1. The Morgan fingerprint density at radius 2 is 1.58 bits per heavy atom. The lowest BCUT2D eigenvalue weighted by atomic mass is 9.83. The van der Waals surface area contributed by atoms with Crippen LogP contribution in [0.3, 0.4) is 0 Å². The Hall–Kier alpha value is -3.02. The lowest BCUT2D eigenvalue weighted by Gasteiger charge is -2.27. The number of urea groups is 1. The van der Waals surface area contributed by atoms with E-state index in [1.807, 2.05) is 60.7 Å². The average molecular weight is 455 g/mol. The number of carbonyl (C=O) groups is 2. The maximum atomic E-state index is 13.5. The number of ether oxygens (including phenoxy) is 1. The van der Waals surface area contributed by atoms with Crippen LogP contribution >= 0.6 is 23.2 Å². The van der Waals surface area contributed by atoms with E-state index in [-0.39, 0.29) is 19.1 Å². The second kappa shape index (κ2) is 9.00. The van der Waals surface area contributed by atoms with Gasteiger partial charge in [0.15, 0.2) is 5.54 Å². The van der Waals surface area contributed by atoms with Gasteiger partial charge in [0, 0.05) is 11.4 Å². The summed E-state index contributed by atoms with van der Waals surface area (Å²) < 4.78 is 5.68. The highest BCUT2D eigenvalue weighted by atomic mass is 35.5. The van der Waals surface area contributed by atoms with Crippen molar-refractivity contribution >= 4 is 35.1 Å². The predicted octanol–water partition coefficient (Wildman–Crippen LogP) is 5.06. The van der Waals surface area contributed by atoms with Gasteiger partial charge in [-0.15, -0.1) is 0 Å². The van der Waals surface area contributed by atoms with Gasteiger partial charge >= 0.3 is 6.03 Å². The molecule has 1 atom stereocenters. The molecule has 0 radical (unpaired) electrons. The van der Waals surface area contributed by atoms with Crippen LogP contribution in [0.5, 0.6) is 5.75 Å². The first-order valence-corrected chi connectivity index (χ1v) is 10.6. The molecule has 1 aliphatic rings. The summed E-state index contributed by atoms with van der Waals surface area (Å²) in [4.78, 5) is 27.5. The second-order valence-electron chi connectivity index (χ2n) is 7.24. The fraction of sp³-hybridized carbons (Fsp3) is 0.167. The van der Waals surface area contributed by atoms with Crippen LogP contribution in [0.1, 0.15) is 11.1 Å². The number of benzene rings is 3. The molecule has 158 valence electrons. The lowest BCUT2D eigenvalue weighted by Crippen LogP contribution is -2.46. The largest absolute Gasteiger partial charge is 0.490 e. The molecular formula is C24H20Cl2N2O3. The maximum absolute atomic E-state index is 13.5. The summed E-state index contributed by atoms with van der Waals surface area (Å²) in [5.74, 6) is 0.134. The van der Waals surface area contributed by atoms with Gasteiger partial charge in [-0.3, -0.25) is 9.69 Å². The van der Waals surface area contributed by atoms with Crippen molar-refractivity contribution in [1.29, 1.82) is 0 Å². The van der Waals surface area contributed by atoms with E-state index < -0.39 is 11.6 Å². The minimum atomic E-state index is -1.17. The Labute approximate surface area is 190 Å². The van der Waals surface area contributed by atoms with Gasteiger partial charge in [0.05, 0.1) is 11.6 Å². The molecule has 31 heavy (non-hydrogen) atoms. The highest BCUT2D eigenvalue weighted by Gasteiger charge is 2.52. The Morgan fingerprint density at radius 1 is 0.903 bits per heavy atom. The SMILES string of the molecule is O=C1N[C@@](Cc2ccccc2)(c2ccccc2)C(=O)N1CCOc1ccc(Cl)cc1Cl. The van der Waals surface area contributed by atoms with E-state index >= 15 is 0 Å². The zero-order valence-electron chi connectivity index (χ0n) is 16.6. The van der Waals surface area contributed by atoms with E-state index in [0.717, 1.165) is 11.1 Å². The smallest absolute Gasteiger partial charge is 0.325 e. The summed E-state index contributed by atoms with van der Waals surface area (Å²) in [7, 11) is 0. The van der Waals surface area contributed by atoms with Crippen molar-refractivity contribution < 1.29 is 14.3 Å². The average Bonchev–Trinajstić information content (AvgIpc) is 3.01. The van der Waals surface area contributed by atoms with Crippen molar-refractivity contribution in [3.05, 3.63) is 100 Å². The first-order valence-electron chi connectivity index (χ1n) is 9.81. The van der Waals surface area contributed by atoms with Gasteiger partial charge in [-0.25, -0.2) is 4.79 Å². The van der Waals surface area contributed by atoms with Crippen molar-refractivity contribution in [2.75, 3.05) is 13.2 Å². The molecular weight excluding hydrogens is 435 g/mol. The van der Waals surface area contributed by atoms with Crippen molar-refractivity contribution in [2.45, 2.75) is 12.0 Å². The molecule has 5 nitrogen and oxygen atoms in total. The number of rotatable bonds is 7. The number of imide groups is 1. The Balaban J connectivity index is 1.55. The fourth-order valence-corrected chi connectivity index (χ4v) is 4.17. The number of halogens is 2. The minimum Gasteiger partial charge on any atom is -0.490 e. The molecule has 3 aromatic carbocycles. The van der Waals surface area contributed by atoms with Crippen LogP contribution in [0.4, 0.5) is 4.79 Å². The van der Waals surface area contributed by atoms with Crippen LogP contribution in [0.25, 0.3) is 0 Å². The highest BCUT2D eigenvalue weighted by Crippen LogP contribution is 2.33. The van der Waals surface area contributed by atoms with Gasteiger partial charge in [-0.05, 0) is 29.3 Å². The zero-order chi connectivity index (χ0) is 21.8. The van der Waals surface area contributed by atoms with E-state index in [1.165, 1.54) is 4.90 Å². The number of carbonyl (C=O) groups excluding carboxylic acids is 2. The number of hydrogen-bond donors (Lipinski definition) is 1. The monoisotopic (exact) mass is 454 g/mol. The first kappa shape index (κ1) is 21.2. The Morgan fingerprint density at radius 3 is 2.26 bits per heavy atom. The lowest BCUT2D eigenvalue weighted by molar-refractivity contribution is -0.131. The molecule has 3 aromatic rings. The van der Waals surface area contributed by atoms with Gasteiger partial charge in [-0.2, -0.15) is 0 Å². The molecule has 0 unspecified atom stereocenters. The summed E-state index contributed by atoms with van der Waals surface area (Å²) in [6.07, 6.45) is 0.350. The molecule has 1 fully saturated rings. The minimum absolute atomic E-state index is 0.0903. The van der Waals surface area contributed by atoms with E-state index in [0.29, 0.717) is 22.2 Å². The second-order valence-corrected chi connectivity index (χ2v) is 8.09. The number of hydrogen-bond acceptors (Lipinski definition) is 3. The van der Waals surface area contributed by atoms with Gasteiger partial charge in [0.25, 0.3) is 5.91 Å². The Kier molecular flexibility index (Phi) is 6.16. The topological polar surface area (TPSA) is 58.6 Å². The van der Waals surface area contributed by atoms with Crippen LogP contribution in [0.15, 0.2) is 78.9 Å². The fourth-order valence-electron chi connectivity index (χ4n) is 3.71. The van der Waals surface area contributed by atoms with Crippen LogP contribution in [0, 0.1) is 0 Å². The van der Waals surface area contributed by atoms with Crippen molar-refractivity contribution in [2.24, 2.45) is 0 Å². The third kappa shape index (κ3) is 4.38. The molecule has 3 amide bonds. The molecule has 7 heteroatoms. The molecule has 1 N–H and O–H groups in total. The van der Waals surface area contributed by atoms with Crippen molar-refractivity contribution in [3.63, 3.8) is 0 Å². The normalized spacial score (nSPS) is 18.2. The van der Waals surface area contributed by atoms with Crippen LogP contribution in [0.2, 0.25) is 10.0 Å². The predicted molar refractivity (Wildman–Crippen MR) is 120 cm³/mol. The van der Waals surface area contributed by atoms with Gasteiger partial charge in [-0.1, -0.05) is 83.9 Å². The summed E-state index contributed by atoms with van der Waals surface area (Å²) in [5.41, 5.74) is 0.518. The standard InChI is InChI=1S/C24H20Cl2N2O3/c25-19-11-12-21(20(26)15-19)31-14-13-28-22(29)24(27-23(28)30,18-9-5-2-6-10-18)16-17-7-3-1-4-8-17/h1-12,15H,13-14,16H2,(H,27,30)/t24-/m0/s1. The third-order valence-corrected chi connectivity index (χ3v) is 5.75. The summed E-state index contributed by atoms with van der Waals surface area (Å²) in [6.45, 7) is 0.198. The first-order chi connectivity index (χ1) is 15.0. The third-order valence-electron chi connectivity index (χ3n) is 5.22. The number of nitrogens with zero attached hydrogens (tertiary/aromatic N) is 1. The van der Waals surface area contributed by atoms with Crippen LogP contribution < -0.4 is 10.1 Å². The van der Waals surface area contributed by atoms with Gasteiger partial charge < -0.3 is 10.1 Å². The molecule has 4 rings (SSSR count). The summed E-state index contributed by atoms with van der Waals surface area (Å²) in [6, 6.07) is 23.4. The van der Waals surface area contributed by atoms with Crippen molar-refractivity contribution in [3.8, 4) is 5.75 Å². The van der Waals surface area contributed by atoms with E-state index in [4.69, 9.17) is 27.9 Å². The van der Waals surface area contributed by atoms with Crippen LogP contribution in [-0.4, -0.2) is 30.0 Å². The molecule has 1 aliphatic heterocycles. The van der Waals surface area contributed by atoms with Gasteiger partial charge in [0.2, 0.25) is 0 Å². The molecule has 0 aliphatic carbocycles. The zero-order valence-corrected chi connectivity index (χ0v) is 18.1. The van der Waals surface area contributed by atoms with E-state index in [9.17, 15) is 9.59 Å². The van der Waals surface area contributed by atoms with Crippen LogP contribution in [-0.2, 0) is 16.8 Å². The molecule has 0 bridgehead atoms. The van der Waals surface area contributed by atoms with Crippen molar-refractivity contribution in [1.82, 2.24) is 10.2 Å². The Bertz CT molecular complexity index is 1090. The molecule has 0 saturated carbocycles. The molecule has 0 aromatic heterocycles.